The van der Waals surface area contributed by atoms with Gasteiger partial charge in [-0.3, -0.25) is 9.52 Å². The van der Waals surface area contributed by atoms with Gasteiger partial charge in [0.2, 0.25) is 0 Å². The minimum atomic E-state index is -4.02. The Morgan fingerprint density at radius 3 is 2.53 bits per heavy atom. The molecule has 8 nitrogen and oxygen atoms in total. The zero-order chi connectivity index (χ0) is 24.6. The molecule has 1 amide bonds. The van der Waals surface area contributed by atoms with Crippen LogP contribution in [0.2, 0.25) is 0 Å². The normalized spacial score (nSPS) is 11.4. The van der Waals surface area contributed by atoms with E-state index < -0.39 is 15.9 Å². The largest absolute Gasteiger partial charge is 0.506 e. The van der Waals surface area contributed by atoms with Gasteiger partial charge < -0.3 is 15.2 Å². The predicted octanol–water partition coefficient (Wildman–Crippen LogP) is 4.99. The third-order valence-corrected chi connectivity index (χ3v) is 7.86. The molecular weight excluding hydrogens is 474 g/mol. The number of aryl methyl sites for hydroxylation is 3. The Morgan fingerprint density at radius 1 is 1.06 bits per heavy atom. The lowest BCUT2D eigenvalue weighted by molar-refractivity contribution is 0.102. The molecule has 3 N–H and O–H groups in total. The Labute approximate surface area is 201 Å². The number of nitrogens with one attached hydrogen (secondary N) is 2. The van der Waals surface area contributed by atoms with Crippen LogP contribution in [0.4, 0.5) is 11.4 Å². The Hall–Kier alpha value is -3.63. The van der Waals surface area contributed by atoms with E-state index in [1.54, 1.807) is 24.3 Å². The van der Waals surface area contributed by atoms with Crippen LogP contribution in [-0.2, 0) is 10.0 Å². The lowest BCUT2D eigenvalue weighted by Gasteiger charge is -2.13. The Bertz CT molecular complexity index is 1530. The summed E-state index contributed by atoms with van der Waals surface area (Å²) >= 11 is 1.25. The SMILES string of the molecule is COc1ccccc1NS(=O)(=O)c1ccc(O)c(NC(=O)c2sc3nc(C)cc(C)c3c2C)c1. The van der Waals surface area contributed by atoms with Gasteiger partial charge in [0, 0.05) is 11.1 Å². The number of sulfonamides is 1. The van der Waals surface area contributed by atoms with Crippen LogP contribution in [0.15, 0.2) is 53.4 Å². The maximum atomic E-state index is 13.1. The molecule has 4 rings (SSSR count). The zero-order valence-electron chi connectivity index (χ0n) is 19.0. The van der Waals surface area contributed by atoms with Crippen LogP contribution in [0, 0.1) is 20.8 Å². The van der Waals surface area contributed by atoms with Crippen LogP contribution in [0.1, 0.15) is 26.5 Å². The van der Waals surface area contributed by atoms with E-state index in [4.69, 9.17) is 4.74 Å². The van der Waals surface area contributed by atoms with Crippen molar-refractivity contribution in [2.75, 3.05) is 17.1 Å². The van der Waals surface area contributed by atoms with Crippen molar-refractivity contribution >= 4 is 48.9 Å². The highest BCUT2D eigenvalue weighted by atomic mass is 32.2. The molecule has 0 spiro atoms. The quantitative estimate of drug-likeness (QED) is 0.323. The summed E-state index contributed by atoms with van der Waals surface area (Å²) in [6.45, 7) is 5.70. The monoisotopic (exact) mass is 497 g/mol. The van der Waals surface area contributed by atoms with Crippen molar-refractivity contribution in [3.63, 3.8) is 0 Å². The van der Waals surface area contributed by atoms with Crippen molar-refractivity contribution in [1.82, 2.24) is 4.98 Å². The number of fused-ring (bicyclic) bond motifs is 1. The fourth-order valence-electron chi connectivity index (χ4n) is 3.73. The lowest BCUT2D eigenvalue weighted by atomic mass is 10.1. The van der Waals surface area contributed by atoms with Gasteiger partial charge in [-0.25, -0.2) is 13.4 Å². The molecule has 2 aromatic heterocycles. The van der Waals surface area contributed by atoms with Crippen LogP contribution < -0.4 is 14.8 Å². The van der Waals surface area contributed by atoms with Gasteiger partial charge in [0.1, 0.15) is 16.3 Å². The second kappa shape index (κ2) is 8.96. The van der Waals surface area contributed by atoms with E-state index >= 15 is 0 Å². The molecule has 34 heavy (non-hydrogen) atoms. The molecule has 10 heteroatoms. The number of hydrogen-bond acceptors (Lipinski definition) is 7. The van der Waals surface area contributed by atoms with Crippen LogP contribution in [0.25, 0.3) is 10.2 Å². The van der Waals surface area contributed by atoms with Gasteiger partial charge >= 0.3 is 0 Å². The van der Waals surface area contributed by atoms with Crippen molar-refractivity contribution < 1.29 is 23.1 Å². The summed E-state index contributed by atoms with van der Waals surface area (Å²) in [4.78, 5) is 18.6. The average Bonchev–Trinajstić information content (AvgIpc) is 3.11. The van der Waals surface area contributed by atoms with E-state index in [1.165, 1.54) is 36.6 Å². The molecule has 0 saturated heterocycles. The number of ether oxygens (including phenoxy) is 1. The zero-order valence-corrected chi connectivity index (χ0v) is 20.6. The summed E-state index contributed by atoms with van der Waals surface area (Å²) in [7, 11) is -2.58. The Kier molecular flexibility index (Phi) is 6.20. The molecule has 4 aromatic rings. The Morgan fingerprint density at radius 2 is 1.79 bits per heavy atom. The number of benzene rings is 2. The molecule has 0 aliphatic rings. The molecule has 0 atom stereocenters. The molecular formula is C24H23N3O5S2. The molecule has 0 unspecified atom stereocenters. The average molecular weight is 498 g/mol. The number of phenols is 1. The van der Waals surface area contributed by atoms with Crippen LogP contribution in [-0.4, -0.2) is 31.5 Å². The fraction of sp³-hybridized carbons (Fsp3) is 0.167. The topological polar surface area (TPSA) is 118 Å². The molecule has 176 valence electrons. The lowest BCUT2D eigenvalue weighted by Crippen LogP contribution is -2.15. The number of aromatic nitrogens is 1. The maximum absolute atomic E-state index is 13.1. The summed E-state index contributed by atoms with van der Waals surface area (Å²) < 4.78 is 33.6. The number of methoxy groups -OCH3 is 1. The number of carbonyl (C=O) groups is 1. The molecule has 2 heterocycles. The van der Waals surface area contributed by atoms with E-state index in [1.807, 2.05) is 26.8 Å². The highest BCUT2D eigenvalue weighted by Gasteiger charge is 2.22. The van der Waals surface area contributed by atoms with E-state index in [2.05, 4.69) is 15.0 Å². The number of hydrogen-bond donors (Lipinski definition) is 3. The molecule has 0 bridgehead atoms. The van der Waals surface area contributed by atoms with Gasteiger partial charge in [-0.2, -0.15) is 0 Å². The number of aromatic hydroxyl groups is 1. The van der Waals surface area contributed by atoms with Gasteiger partial charge in [-0.15, -0.1) is 11.3 Å². The van der Waals surface area contributed by atoms with Gasteiger partial charge in [0.15, 0.2) is 0 Å². The summed E-state index contributed by atoms with van der Waals surface area (Å²) in [6.07, 6.45) is 0. The van der Waals surface area contributed by atoms with Gasteiger partial charge in [0.25, 0.3) is 15.9 Å². The van der Waals surface area contributed by atoms with Gasteiger partial charge in [-0.05, 0) is 68.3 Å². The highest BCUT2D eigenvalue weighted by Crippen LogP contribution is 2.34. The number of nitrogens with zero attached hydrogens (tertiary/aromatic N) is 1. The van der Waals surface area contributed by atoms with Crippen LogP contribution >= 0.6 is 11.3 Å². The third-order valence-electron chi connectivity index (χ3n) is 5.31. The second-order valence-electron chi connectivity index (χ2n) is 7.76. The number of para-hydroxylation sites is 2. The maximum Gasteiger partial charge on any atom is 0.266 e. The third kappa shape index (κ3) is 4.42. The molecule has 0 radical (unpaired) electrons. The molecule has 2 aromatic carbocycles. The minimum Gasteiger partial charge on any atom is -0.506 e. The van der Waals surface area contributed by atoms with E-state index in [0.29, 0.717) is 10.6 Å². The molecule has 0 fully saturated rings. The number of amides is 1. The smallest absolute Gasteiger partial charge is 0.266 e. The summed E-state index contributed by atoms with van der Waals surface area (Å²) in [5, 5.41) is 13.9. The first-order chi connectivity index (χ1) is 16.1. The van der Waals surface area contributed by atoms with Crippen molar-refractivity contribution in [3.05, 3.63) is 70.2 Å². The van der Waals surface area contributed by atoms with Gasteiger partial charge in [-0.1, -0.05) is 12.1 Å². The number of anilines is 2. The number of rotatable bonds is 6. The predicted molar refractivity (Wildman–Crippen MR) is 134 cm³/mol. The minimum absolute atomic E-state index is 0.0226. The van der Waals surface area contributed by atoms with Crippen molar-refractivity contribution in [3.8, 4) is 11.5 Å². The molecule has 0 aliphatic heterocycles. The summed E-state index contributed by atoms with van der Waals surface area (Å²) in [6, 6.07) is 12.2. The van der Waals surface area contributed by atoms with Gasteiger partial charge in [0.05, 0.1) is 28.3 Å². The van der Waals surface area contributed by atoms with Crippen molar-refractivity contribution in [1.29, 1.82) is 0 Å². The van der Waals surface area contributed by atoms with E-state index in [9.17, 15) is 18.3 Å². The molecule has 0 saturated carbocycles. The van der Waals surface area contributed by atoms with E-state index in [0.717, 1.165) is 27.0 Å². The number of thiophene rings is 1. The summed E-state index contributed by atoms with van der Waals surface area (Å²) in [5.74, 6) is -0.355. The summed E-state index contributed by atoms with van der Waals surface area (Å²) in [5.41, 5.74) is 2.90. The van der Waals surface area contributed by atoms with E-state index in [-0.39, 0.29) is 22.0 Å². The van der Waals surface area contributed by atoms with Crippen molar-refractivity contribution in [2.24, 2.45) is 0 Å². The first kappa shape index (κ1) is 23.5. The van der Waals surface area contributed by atoms with Crippen molar-refractivity contribution in [2.45, 2.75) is 25.7 Å². The fourth-order valence-corrected chi connectivity index (χ4v) is 6.02. The first-order valence-electron chi connectivity index (χ1n) is 10.3. The number of carbonyl (C=O) groups excluding carboxylic acids is 1. The number of pyridine rings is 1. The number of phenolic OH excluding ortho intramolecular Hbond substituents is 1. The Balaban J connectivity index is 1.65. The van der Waals surface area contributed by atoms with Crippen LogP contribution in [0.5, 0.6) is 11.5 Å². The first-order valence-corrected chi connectivity index (χ1v) is 12.6. The van der Waals surface area contributed by atoms with Crippen LogP contribution in [0.3, 0.4) is 0 Å². The second-order valence-corrected chi connectivity index (χ2v) is 10.4. The highest BCUT2D eigenvalue weighted by molar-refractivity contribution is 7.92. The standard InChI is InChI=1S/C24H23N3O5S2/c1-13-11-14(2)25-24-21(13)15(3)22(33-24)23(29)26-18-12-16(9-10-19(18)28)34(30,31)27-17-7-5-6-8-20(17)32-4/h5-12,27-28H,1-4H3,(H,26,29). The molecule has 0 aliphatic carbocycles.